The van der Waals surface area contributed by atoms with Crippen LogP contribution in [0.5, 0.6) is 0 Å². The van der Waals surface area contributed by atoms with Gasteiger partial charge in [-0.1, -0.05) is 11.6 Å². The van der Waals surface area contributed by atoms with Crippen LogP contribution in [0.15, 0.2) is 45.9 Å². The van der Waals surface area contributed by atoms with Gasteiger partial charge in [-0.15, -0.1) is 0 Å². The molecule has 140 valence electrons. The maximum absolute atomic E-state index is 12.8. The molecule has 1 amide bonds. The number of likely N-dealkylation sites (tertiary alicyclic amines) is 1. The molecule has 0 unspecified atom stereocenters. The second-order valence-electron chi connectivity index (χ2n) is 7.04. The second-order valence-corrected chi connectivity index (χ2v) is 7.44. The molecule has 0 N–H and O–H groups in total. The molecule has 3 aromatic rings. The summed E-state index contributed by atoms with van der Waals surface area (Å²) in [6.45, 7) is 3.97. The Kier molecular flexibility index (Phi) is 4.74. The van der Waals surface area contributed by atoms with Crippen molar-refractivity contribution in [1.29, 1.82) is 0 Å². The van der Waals surface area contributed by atoms with Crippen LogP contribution in [-0.4, -0.2) is 33.7 Å². The van der Waals surface area contributed by atoms with Crippen molar-refractivity contribution >= 4 is 28.5 Å². The summed E-state index contributed by atoms with van der Waals surface area (Å²) in [4.78, 5) is 27.0. The van der Waals surface area contributed by atoms with Crippen molar-refractivity contribution < 1.29 is 9.21 Å². The Labute approximate surface area is 161 Å². The minimum Gasteiger partial charge on any atom is -0.451 e. The molecule has 0 atom stereocenters. The lowest BCUT2D eigenvalue weighted by molar-refractivity contribution is 0.0650. The van der Waals surface area contributed by atoms with E-state index in [1.807, 2.05) is 23.9 Å². The number of nitrogens with zero attached hydrogens (tertiary/aromatic N) is 3. The molecule has 1 fully saturated rings. The molecule has 1 aliphatic rings. The maximum Gasteiger partial charge on any atom is 0.289 e. The highest BCUT2D eigenvalue weighted by molar-refractivity contribution is 6.32. The van der Waals surface area contributed by atoms with Crippen LogP contribution in [0.3, 0.4) is 0 Å². The summed E-state index contributed by atoms with van der Waals surface area (Å²) in [7, 11) is 0. The van der Waals surface area contributed by atoms with E-state index in [0.29, 0.717) is 35.0 Å². The number of rotatable bonds is 3. The third-order valence-electron chi connectivity index (χ3n) is 5.13. The summed E-state index contributed by atoms with van der Waals surface area (Å²) in [6, 6.07) is 6.49. The fourth-order valence-electron chi connectivity index (χ4n) is 3.54. The molecule has 1 saturated heterocycles. The number of carbonyl (C=O) groups excluding carboxylic acids is 1. The molecule has 1 aliphatic heterocycles. The van der Waals surface area contributed by atoms with Gasteiger partial charge < -0.3 is 9.32 Å². The fourth-order valence-corrected chi connectivity index (χ4v) is 3.69. The Morgan fingerprint density at radius 1 is 1.30 bits per heavy atom. The van der Waals surface area contributed by atoms with Gasteiger partial charge in [0.25, 0.3) is 5.91 Å². The van der Waals surface area contributed by atoms with E-state index < -0.39 is 0 Å². The van der Waals surface area contributed by atoms with Gasteiger partial charge in [-0.05, 0) is 43.4 Å². The zero-order chi connectivity index (χ0) is 19.0. The van der Waals surface area contributed by atoms with E-state index in [9.17, 15) is 9.59 Å². The molecule has 0 spiro atoms. The van der Waals surface area contributed by atoms with Gasteiger partial charge in [0.1, 0.15) is 5.58 Å². The molecule has 27 heavy (non-hydrogen) atoms. The molecular weight excluding hydrogens is 366 g/mol. The van der Waals surface area contributed by atoms with Gasteiger partial charge in [0, 0.05) is 49.2 Å². The third-order valence-corrected chi connectivity index (χ3v) is 5.53. The number of aryl methyl sites for hydroxylation is 1. The predicted octanol–water partition coefficient (Wildman–Crippen LogP) is 3.50. The number of fused-ring (bicyclic) bond motifs is 1. The van der Waals surface area contributed by atoms with Crippen LogP contribution in [0.25, 0.3) is 11.0 Å². The number of halogens is 1. The molecule has 2 aromatic heterocycles. The lowest BCUT2D eigenvalue weighted by atomic mass is 9.96. The first-order valence-corrected chi connectivity index (χ1v) is 9.40. The molecule has 7 heteroatoms. The van der Waals surface area contributed by atoms with E-state index in [2.05, 4.69) is 5.10 Å². The Morgan fingerprint density at radius 3 is 2.78 bits per heavy atom. The van der Waals surface area contributed by atoms with Gasteiger partial charge in [-0.3, -0.25) is 14.3 Å². The molecule has 1 aromatic carbocycles. The van der Waals surface area contributed by atoms with Crippen molar-refractivity contribution in [2.75, 3.05) is 13.1 Å². The van der Waals surface area contributed by atoms with Crippen LogP contribution in [0.4, 0.5) is 0 Å². The SMILES string of the molecule is Cc1cc2c(=O)cc(C(=O)N3CCC(Cn4cccn4)CC3)oc2cc1Cl. The highest BCUT2D eigenvalue weighted by atomic mass is 35.5. The quantitative estimate of drug-likeness (QED) is 0.692. The van der Waals surface area contributed by atoms with Gasteiger partial charge in [-0.2, -0.15) is 5.10 Å². The van der Waals surface area contributed by atoms with E-state index in [-0.39, 0.29) is 17.1 Å². The van der Waals surface area contributed by atoms with Crippen LogP contribution in [-0.2, 0) is 6.54 Å². The number of piperidine rings is 1. The van der Waals surface area contributed by atoms with E-state index in [1.165, 1.54) is 6.07 Å². The molecule has 0 bridgehead atoms. The number of amides is 1. The minimum absolute atomic E-state index is 0.0675. The van der Waals surface area contributed by atoms with E-state index in [4.69, 9.17) is 16.0 Å². The van der Waals surface area contributed by atoms with Crippen LogP contribution in [0, 0.1) is 12.8 Å². The van der Waals surface area contributed by atoms with Crippen LogP contribution >= 0.6 is 11.6 Å². The van der Waals surface area contributed by atoms with Crippen molar-refractivity contribution in [2.24, 2.45) is 5.92 Å². The zero-order valence-electron chi connectivity index (χ0n) is 15.0. The van der Waals surface area contributed by atoms with Gasteiger partial charge in [0.05, 0.1) is 5.39 Å². The van der Waals surface area contributed by atoms with Crippen molar-refractivity contribution in [3.8, 4) is 0 Å². The molecule has 0 saturated carbocycles. The van der Waals surface area contributed by atoms with Crippen LogP contribution in [0.2, 0.25) is 5.02 Å². The normalized spacial score (nSPS) is 15.4. The topological polar surface area (TPSA) is 68.3 Å². The molecular formula is C20H20ClN3O3. The zero-order valence-corrected chi connectivity index (χ0v) is 15.8. The fraction of sp³-hybridized carbons (Fsp3) is 0.350. The second kappa shape index (κ2) is 7.19. The maximum atomic E-state index is 12.8. The highest BCUT2D eigenvalue weighted by Gasteiger charge is 2.26. The summed E-state index contributed by atoms with van der Waals surface area (Å²) < 4.78 is 7.64. The number of hydrogen-bond acceptors (Lipinski definition) is 4. The summed E-state index contributed by atoms with van der Waals surface area (Å²) in [6.07, 6.45) is 5.52. The molecule has 4 rings (SSSR count). The van der Waals surface area contributed by atoms with Gasteiger partial charge >= 0.3 is 0 Å². The first-order chi connectivity index (χ1) is 13.0. The lowest BCUT2D eigenvalue weighted by Crippen LogP contribution is -2.39. The Morgan fingerprint density at radius 2 is 2.07 bits per heavy atom. The lowest BCUT2D eigenvalue weighted by Gasteiger charge is -2.31. The largest absolute Gasteiger partial charge is 0.451 e. The average molecular weight is 386 g/mol. The average Bonchev–Trinajstić information content (AvgIpc) is 3.16. The van der Waals surface area contributed by atoms with Crippen molar-refractivity contribution in [3.63, 3.8) is 0 Å². The van der Waals surface area contributed by atoms with Crippen molar-refractivity contribution in [2.45, 2.75) is 26.3 Å². The number of carbonyl (C=O) groups is 1. The van der Waals surface area contributed by atoms with Gasteiger partial charge in [0.2, 0.25) is 0 Å². The molecule has 6 nitrogen and oxygen atoms in total. The third kappa shape index (κ3) is 3.62. The van der Waals surface area contributed by atoms with Crippen molar-refractivity contribution in [1.82, 2.24) is 14.7 Å². The smallest absolute Gasteiger partial charge is 0.289 e. The van der Waals surface area contributed by atoms with E-state index in [0.717, 1.165) is 24.9 Å². The highest BCUT2D eigenvalue weighted by Crippen LogP contribution is 2.24. The Bertz CT molecular complexity index is 1030. The minimum atomic E-state index is -0.247. The van der Waals surface area contributed by atoms with E-state index in [1.54, 1.807) is 23.2 Å². The standard InChI is InChI=1S/C20H20ClN3O3/c1-13-9-15-17(25)11-19(27-18(15)10-16(13)21)20(26)23-7-3-14(4-8-23)12-24-6-2-5-22-24/h2,5-6,9-11,14H,3-4,7-8,12H2,1H3. The molecule has 3 heterocycles. The molecule has 0 radical (unpaired) electrons. The Balaban J connectivity index is 1.50. The van der Waals surface area contributed by atoms with Crippen molar-refractivity contribution in [3.05, 3.63) is 63.2 Å². The molecule has 0 aliphatic carbocycles. The van der Waals surface area contributed by atoms with E-state index >= 15 is 0 Å². The Hall–Kier alpha value is -2.60. The number of aromatic nitrogens is 2. The summed E-state index contributed by atoms with van der Waals surface area (Å²) in [5.41, 5.74) is 0.915. The summed E-state index contributed by atoms with van der Waals surface area (Å²) >= 11 is 6.13. The summed E-state index contributed by atoms with van der Waals surface area (Å²) in [5, 5.41) is 5.18. The number of hydrogen-bond donors (Lipinski definition) is 0. The first kappa shape index (κ1) is 17.8. The number of benzene rings is 1. The monoisotopic (exact) mass is 385 g/mol. The van der Waals surface area contributed by atoms with Gasteiger partial charge in [-0.25, -0.2) is 0 Å². The summed E-state index contributed by atoms with van der Waals surface area (Å²) in [5.74, 6) is 0.306. The first-order valence-electron chi connectivity index (χ1n) is 9.02. The van der Waals surface area contributed by atoms with Gasteiger partial charge in [0.15, 0.2) is 11.2 Å². The predicted molar refractivity (Wildman–Crippen MR) is 103 cm³/mol. The van der Waals surface area contributed by atoms with Crippen LogP contribution < -0.4 is 5.43 Å². The van der Waals surface area contributed by atoms with Crippen LogP contribution in [0.1, 0.15) is 29.0 Å².